The SMILES string of the molecule is CCCC(CC(=O)NC(CC(=O)O)C(C)(C)C)NC(=O)OCC1c2ccccc2-c2ccccc21. The highest BCUT2D eigenvalue weighted by molar-refractivity contribution is 5.80. The minimum atomic E-state index is -0.966. The highest BCUT2D eigenvalue weighted by Crippen LogP contribution is 2.44. The summed E-state index contributed by atoms with van der Waals surface area (Å²) in [6.45, 7) is 7.85. The number of fused-ring (bicyclic) bond motifs is 3. The van der Waals surface area contributed by atoms with E-state index in [9.17, 15) is 19.5 Å². The van der Waals surface area contributed by atoms with Crippen LogP contribution in [0.4, 0.5) is 4.79 Å². The van der Waals surface area contributed by atoms with Gasteiger partial charge in [0.15, 0.2) is 0 Å². The second-order valence-electron chi connectivity index (χ2n) is 10.2. The Morgan fingerprint density at radius 1 is 0.943 bits per heavy atom. The average Bonchev–Trinajstić information content (AvgIpc) is 3.10. The van der Waals surface area contributed by atoms with Crippen molar-refractivity contribution >= 4 is 18.0 Å². The van der Waals surface area contributed by atoms with Gasteiger partial charge in [-0.1, -0.05) is 82.6 Å². The highest BCUT2D eigenvalue weighted by atomic mass is 16.5. The molecule has 0 saturated carbocycles. The zero-order valence-electron chi connectivity index (χ0n) is 21.0. The number of hydrogen-bond acceptors (Lipinski definition) is 4. The van der Waals surface area contributed by atoms with Crippen molar-refractivity contribution in [2.24, 2.45) is 5.41 Å². The maximum atomic E-state index is 12.7. The number of carboxylic acids is 1. The largest absolute Gasteiger partial charge is 0.481 e. The summed E-state index contributed by atoms with van der Waals surface area (Å²) in [6, 6.07) is 15.4. The van der Waals surface area contributed by atoms with Crippen LogP contribution >= 0.6 is 0 Å². The third-order valence-corrected chi connectivity index (χ3v) is 6.49. The van der Waals surface area contributed by atoms with Crippen molar-refractivity contribution < 1.29 is 24.2 Å². The number of hydrogen-bond donors (Lipinski definition) is 3. The minimum absolute atomic E-state index is 0.0374. The Morgan fingerprint density at radius 3 is 2.03 bits per heavy atom. The van der Waals surface area contributed by atoms with E-state index >= 15 is 0 Å². The number of amides is 2. The number of alkyl carbamates (subject to hydrolysis) is 1. The minimum Gasteiger partial charge on any atom is -0.481 e. The molecule has 35 heavy (non-hydrogen) atoms. The molecule has 1 aliphatic rings. The molecule has 2 atom stereocenters. The van der Waals surface area contributed by atoms with Gasteiger partial charge in [0, 0.05) is 24.4 Å². The summed E-state index contributed by atoms with van der Waals surface area (Å²) in [5.41, 5.74) is 4.18. The van der Waals surface area contributed by atoms with Crippen LogP contribution < -0.4 is 10.6 Å². The quantitative estimate of drug-likeness (QED) is 0.439. The van der Waals surface area contributed by atoms with E-state index in [-0.39, 0.29) is 31.3 Å². The Bertz CT molecular complexity index is 1010. The molecule has 0 heterocycles. The van der Waals surface area contributed by atoms with E-state index < -0.39 is 29.6 Å². The maximum Gasteiger partial charge on any atom is 0.407 e. The van der Waals surface area contributed by atoms with Crippen LogP contribution in [0.5, 0.6) is 0 Å². The van der Waals surface area contributed by atoms with Gasteiger partial charge in [-0.3, -0.25) is 9.59 Å². The number of carbonyl (C=O) groups is 3. The molecule has 0 fully saturated rings. The van der Waals surface area contributed by atoms with Crippen molar-refractivity contribution in [3.8, 4) is 11.1 Å². The molecule has 0 bridgehead atoms. The normalized spacial score (nSPS) is 14.4. The lowest BCUT2D eigenvalue weighted by Crippen LogP contribution is -2.47. The van der Waals surface area contributed by atoms with Gasteiger partial charge in [-0.25, -0.2) is 4.79 Å². The highest BCUT2D eigenvalue weighted by Gasteiger charge is 2.31. The summed E-state index contributed by atoms with van der Waals surface area (Å²) in [7, 11) is 0. The number of carbonyl (C=O) groups excluding carboxylic acids is 2. The molecule has 0 saturated heterocycles. The van der Waals surface area contributed by atoms with Crippen LogP contribution in [0.1, 0.15) is 70.4 Å². The topological polar surface area (TPSA) is 105 Å². The molecule has 3 N–H and O–H groups in total. The smallest absolute Gasteiger partial charge is 0.407 e. The first-order valence-electron chi connectivity index (χ1n) is 12.2. The molecule has 2 unspecified atom stereocenters. The summed E-state index contributed by atoms with van der Waals surface area (Å²) >= 11 is 0. The number of nitrogens with one attached hydrogen (secondary N) is 2. The second kappa shape index (κ2) is 11.4. The molecule has 0 aliphatic heterocycles. The molecule has 7 heteroatoms. The van der Waals surface area contributed by atoms with Gasteiger partial charge in [0.2, 0.25) is 5.91 Å². The summed E-state index contributed by atoms with van der Waals surface area (Å²) in [5.74, 6) is -1.29. The van der Waals surface area contributed by atoms with E-state index in [0.29, 0.717) is 6.42 Å². The molecule has 2 amide bonds. The summed E-state index contributed by atoms with van der Waals surface area (Å²) in [5, 5.41) is 14.9. The number of aliphatic carboxylic acids is 1. The maximum absolute atomic E-state index is 12.7. The van der Waals surface area contributed by atoms with Crippen LogP contribution in [0.3, 0.4) is 0 Å². The van der Waals surface area contributed by atoms with Crippen molar-refractivity contribution in [1.82, 2.24) is 10.6 Å². The summed E-state index contributed by atoms with van der Waals surface area (Å²) in [6.07, 6.45) is 0.726. The average molecular weight is 481 g/mol. The molecule has 0 radical (unpaired) electrons. The van der Waals surface area contributed by atoms with E-state index in [1.54, 1.807) is 0 Å². The summed E-state index contributed by atoms with van der Waals surface area (Å²) < 4.78 is 5.63. The van der Waals surface area contributed by atoms with Crippen molar-refractivity contribution in [2.75, 3.05) is 6.61 Å². The number of rotatable bonds is 10. The first-order valence-corrected chi connectivity index (χ1v) is 12.2. The molecule has 188 valence electrons. The lowest BCUT2D eigenvalue weighted by molar-refractivity contribution is -0.138. The third-order valence-electron chi connectivity index (χ3n) is 6.49. The Balaban J connectivity index is 1.59. The van der Waals surface area contributed by atoms with Crippen molar-refractivity contribution in [3.05, 3.63) is 59.7 Å². The van der Waals surface area contributed by atoms with Gasteiger partial charge in [0.05, 0.1) is 6.42 Å². The lowest BCUT2D eigenvalue weighted by atomic mass is 9.84. The predicted molar refractivity (Wildman–Crippen MR) is 135 cm³/mol. The Labute approximate surface area is 207 Å². The van der Waals surface area contributed by atoms with Gasteiger partial charge < -0.3 is 20.5 Å². The molecule has 7 nitrogen and oxygen atoms in total. The number of benzene rings is 2. The van der Waals surface area contributed by atoms with Crippen LogP contribution in [0.2, 0.25) is 0 Å². The van der Waals surface area contributed by atoms with Crippen LogP contribution in [0.25, 0.3) is 11.1 Å². The molecule has 0 aromatic heterocycles. The van der Waals surface area contributed by atoms with Crippen molar-refractivity contribution in [3.63, 3.8) is 0 Å². The molecule has 0 spiro atoms. The van der Waals surface area contributed by atoms with E-state index in [2.05, 4.69) is 34.9 Å². The van der Waals surface area contributed by atoms with Gasteiger partial charge in [0.25, 0.3) is 0 Å². The van der Waals surface area contributed by atoms with Crippen LogP contribution in [-0.4, -0.2) is 41.8 Å². The predicted octanol–water partition coefficient (Wildman–Crippen LogP) is 5.09. The fourth-order valence-corrected chi connectivity index (χ4v) is 4.61. The number of ether oxygens (including phenoxy) is 1. The van der Waals surface area contributed by atoms with Crippen LogP contribution in [-0.2, 0) is 14.3 Å². The van der Waals surface area contributed by atoms with Crippen LogP contribution in [0, 0.1) is 5.41 Å². The standard InChI is InChI=1S/C28H36N2O5/c1-5-10-18(15-25(31)30-24(16-26(32)33)28(2,3)4)29-27(34)35-17-23-21-13-8-6-11-19(21)20-12-7-9-14-22(20)23/h6-9,11-14,18,23-24H,5,10,15-17H2,1-4H3,(H,29,34)(H,30,31)(H,32,33). The van der Waals surface area contributed by atoms with E-state index in [1.807, 2.05) is 52.0 Å². The van der Waals surface area contributed by atoms with Crippen LogP contribution in [0.15, 0.2) is 48.5 Å². The third kappa shape index (κ3) is 6.84. The first kappa shape index (κ1) is 26.3. The summed E-state index contributed by atoms with van der Waals surface area (Å²) in [4.78, 5) is 36.6. The number of carboxylic acid groups (broad SMARTS) is 1. The molecular formula is C28H36N2O5. The van der Waals surface area contributed by atoms with Crippen molar-refractivity contribution in [2.45, 2.75) is 71.4 Å². The van der Waals surface area contributed by atoms with E-state index in [0.717, 1.165) is 28.7 Å². The Hall–Kier alpha value is -3.35. The van der Waals surface area contributed by atoms with E-state index in [4.69, 9.17) is 4.74 Å². The zero-order valence-corrected chi connectivity index (χ0v) is 21.0. The monoisotopic (exact) mass is 480 g/mol. The molecular weight excluding hydrogens is 444 g/mol. The lowest BCUT2D eigenvalue weighted by Gasteiger charge is -2.31. The fraction of sp³-hybridized carbons (Fsp3) is 0.464. The van der Waals surface area contributed by atoms with Crippen molar-refractivity contribution in [1.29, 1.82) is 0 Å². The first-order chi connectivity index (χ1) is 16.6. The molecule has 1 aliphatic carbocycles. The molecule has 2 aromatic carbocycles. The molecule has 2 aromatic rings. The fourth-order valence-electron chi connectivity index (χ4n) is 4.61. The van der Waals surface area contributed by atoms with Gasteiger partial charge in [-0.2, -0.15) is 0 Å². The zero-order chi connectivity index (χ0) is 25.6. The van der Waals surface area contributed by atoms with Gasteiger partial charge in [-0.15, -0.1) is 0 Å². The second-order valence-corrected chi connectivity index (χ2v) is 10.2. The van der Waals surface area contributed by atoms with Gasteiger partial charge >= 0.3 is 12.1 Å². The van der Waals surface area contributed by atoms with Gasteiger partial charge in [-0.05, 0) is 34.1 Å². The Kier molecular flexibility index (Phi) is 8.54. The van der Waals surface area contributed by atoms with Gasteiger partial charge in [0.1, 0.15) is 6.61 Å². The Morgan fingerprint density at radius 2 is 1.51 bits per heavy atom. The van der Waals surface area contributed by atoms with E-state index in [1.165, 1.54) is 0 Å². The molecule has 3 rings (SSSR count).